The average Bonchev–Trinajstić information content (AvgIpc) is 2.66. The molecule has 1 heterocycles. The van der Waals surface area contributed by atoms with E-state index in [4.69, 9.17) is 17.0 Å². The molecule has 5 nitrogen and oxygen atoms in total. The lowest BCUT2D eigenvalue weighted by Gasteiger charge is -2.29. The molecule has 1 N–H and O–H groups in total. The first-order valence-electron chi connectivity index (χ1n) is 9.15. The molecule has 2 aromatic rings. The predicted octanol–water partition coefficient (Wildman–Crippen LogP) is 4.04. The second-order valence-electron chi connectivity index (χ2n) is 6.71. The molecule has 1 saturated heterocycles. The van der Waals surface area contributed by atoms with Crippen LogP contribution in [0.3, 0.4) is 0 Å². The van der Waals surface area contributed by atoms with Gasteiger partial charge in [0.05, 0.1) is 12.3 Å². The fourth-order valence-corrected chi connectivity index (χ4v) is 3.20. The average molecular weight is 394 g/mol. The molecule has 0 unspecified atom stereocenters. The number of thiocarbonyl (C=S) groups is 1. The maximum atomic E-state index is 13.1. The fourth-order valence-electron chi connectivity index (χ4n) is 2.91. The first kappa shape index (κ1) is 19.8. The molecule has 0 spiro atoms. The Morgan fingerprint density at radius 1 is 1.14 bits per heavy atom. The van der Waals surface area contributed by atoms with Crippen LogP contribution in [0.15, 0.2) is 54.1 Å². The number of anilines is 1. The molecule has 28 heavy (non-hydrogen) atoms. The van der Waals surface area contributed by atoms with Gasteiger partial charge in [0.25, 0.3) is 11.8 Å². The second-order valence-corrected chi connectivity index (χ2v) is 7.10. The van der Waals surface area contributed by atoms with E-state index in [0.717, 1.165) is 5.56 Å². The number of rotatable bonds is 5. The van der Waals surface area contributed by atoms with Crippen LogP contribution in [0.5, 0.6) is 5.75 Å². The fraction of sp³-hybridized carbons (Fsp3) is 0.227. The number of hydrogen-bond acceptors (Lipinski definition) is 4. The van der Waals surface area contributed by atoms with E-state index >= 15 is 0 Å². The number of benzene rings is 2. The predicted molar refractivity (Wildman–Crippen MR) is 114 cm³/mol. The maximum absolute atomic E-state index is 13.1. The van der Waals surface area contributed by atoms with Crippen LogP contribution in [0.1, 0.15) is 37.8 Å². The van der Waals surface area contributed by atoms with Gasteiger partial charge in [-0.1, -0.05) is 44.2 Å². The van der Waals surface area contributed by atoms with E-state index in [2.05, 4.69) is 19.2 Å². The van der Waals surface area contributed by atoms with Crippen molar-refractivity contribution < 1.29 is 14.3 Å². The van der Waals surface area contributed by atoms with Crippen LogP contribution in [0.25, 0.3) is 6.08 Å². The van der Waals surface area contributed by atoms with Crippen LogP contribution >= 0.6 is 12.2 Å². The molecule has 2 aromatic carbocycles. The summed E-state index contributed by atoms with van der Waals surface area (Å²) < 4.78 is 5.50. The minimum atomic E-state index is -0.500. The van der Waals surface area contributed by atoms with Gasteiger partial charge in [0.15, 0.2) is 5.11 Å². The lowest BCUT2D eigenvalue weighted by Crippen LogP contribution is -2.54. The molecular weight excluding hydrogens is 372 g/mol. The number of nitrogens with zero attached hydrogens (tertiary/aromatic N) is 1. The smallest absolute Gasteiger partial charge is 0.270 e. The summed E-state index contributed by atoms with van der Waals surface area (Å²) >= 11 is 5.24. The molecule has 0 atom stereocenters. The number of carbonyl (C=O) groups is 2. The third kappa shape index (κ3) is 4.12. The van der Waals surface area contributed by atoms with Gasteiger partial charge in [0.2, 0.25) is 0 Å². The van der Waals surface area contributed by atoms with E-state index in [1.807, 2.05) is 31.2 Å². The first-order valence-corrected chi connectivity index (χ1v) is 9.55. The zero-order valence-corrected chi connectivity index (χ0v) is 16.9. The standard InChI is InChI=1S/C22H22N2O3S/c1-4-27-18-7-5-6-17(13-18)24-21(26)19(20(25)23-22(24)28)12-15-8-10-16(11-9-15)14(2)3/h5-14H,4H2,1-3H3,(H,23,25,28)/b19-12+. The highest BCUT2D eigenvalue weighted by Gasteiger charge is 2.34. The Labute approximate surface area is 170 Å². The Morgan fingerprint density at radius 3 is 2.50 bits per heavy atom. The lowest BCUT2D eigenvalue weighted by molar-refractivity contribution is -0.122. The number of ether oxygens (including phenoxy) is 1. The van der Waals surface area contributed by atoms with Crippen molar-refractivity contribution in [2.45, 2.75) is 26.7 Å². The van der Waals surface area contributed by atoms with E-state index < -0.39 is 11.8 Å². The molecule has 1 aliphatic rings. The van der Waals surface area contributed by atoms with Gasteiger partial charge in [-0.2, -0.15) is 0 Å². The summed E-state index contributed by atoms with van der Waals surface area (Å²) in [5.74, 6) is 0.0737. The van der Waals surface area contributed by atoms with Crippen molar-refractivity contribution in [2.75, 3.05) is 11.5 Å². The van der Waals surface area contributed by atoms with E-state index in [-0.39, 0.29) is 10.7 Å². The molecule has 144 valence electrons. The topological polar surface area (TPSA) is 58.6 Å². The lowest BCUT2D eigenvalue weighted by atomic mass is 10.0. The largest absolute Gasteiger partial charge is 0.494 e. The van der Waals surface area contributed by atoms with Crippen molar-refractivity contribution >= 4 is 40.9 Å². The van der Waals surface area contributed by atoms with Gasteiger partial charge in [-0.15, -0.1) is 0 Å². The third-order valence-corrected chi connectivity index (χ3v) is 4.69. The van der Waals surface area contributed by atoms with Crippen molar-refractivity contribution in [1.29, 1.82) is 0 Å². The molecule has 0 bridgehead atoms. The Hall–Kier alpha value is -2.99. The van der Waals surface area contributed by atoms with Crippen LogP contribution in [0.4, 0.5) is 5.69 Å². The molecule has 0 aromatic heterocycles. The summed E-state index contributed by atoms with van der Waals surface area (Å²) in [5, 5.41) is 2.65. The Kier molecular flexibility index (Phi) is 5.90. The second kappa shape index (κ2) is 8.35. The summed E-state index contributed by atoms with van der Waals surface area (Å²) in [7, 11) is 0. The summed E-state index contributed by atoms with van der Waals surface area (Å²) in [6.07, 6.45) is 1.59. The van der Waals surface area contributed by atoms with E-state index in [0.29, 0.717) is 24.0 Å². The van der Waals surface area contributed by atoms with E-state index in [1.54, 1.807) is 30.3 Å². The van der Waals surface area contributed by atoms with Crippen LogP contribution < -0.4 is 15.0 Å². The monoisotopic (exact) mass is 394 g/mol. The van der Waals surface area contributed by atoms with Crippen molar-refractivity contribution in [3.8, 4) is 5.75 Å². The molecule has 3 rings (SSSR count). The molecule has 2 amide bonds. The van der Waals surface area contributed by atoms with Crippen molar-refractivity contribution in [1.82, 2.24) is 5.32 Å². The molecule has 0 aliphatic carbocycles. The normalized spacial score (nSPS) is 15.9. The number of carbonyl (C=O) groups excluding carboxylic acids is 2. The minimum Gasteiger partial charge on any atom is -0.494 e. The number of hydrogen-bond donors (Lipinski definition) is 1. The van der Waals surface area contributed by atoms with Gasteiger partial charge < -0.3 is 4.74 Å². The Balaban J connectivity index is 1.94. The Morgan fingerprint density at radius 2 is 1.86 bits per heavy atom. The maximum Gasteiger partial charge on any atom is 0.270 e. The zero-order valence-electron chi connectivity index (χ0n) is 16.1. The van der Waals surface area contributed by atoms with Crippen LogP contribution in [-0.2, 0) is 9.59 Å². The van der Waals surface area contributed by atoms with Gasteiger partial charge in [0.1, 0.15) is 11.3 Å². The summed E-state index contributed by atoms with van der Waals surface area (Å²) in [4.78, 5) is 26.8. The highest BCUT2D eigenvalue weighted by atomic mass is 32.1. The SMILES string of the molecule is CCOc1cccc(N2C(=O)/C(=C/c3ccc(C(C)C)cc3)C(=O)NC2=S)c1. The first-order chi connectivity index (χ1) is 13.4. The van der Waals surface area contributed by atoms with E-state index in [1.165, 1.54) is 10.5 Å². The molecular formula is C22H22N2O3S. The van der Waals surface area contributed by atoms with Gasteiger partial charge in [-0.05, 0) is 54.4 Å². The highest BCUT2D eigenvalue weighted by Crippen LogP contribution is 2.26. The van der Waals surface area contributed by atoms with Gasteiger partial charge in [0, 0.05) is 6.07 Å². The van der Waals surface area contributed by atoms with Gasteiger partial charge in [-0.3, -0.25) is 19.8 Å². The molecule has 0 radical (unpaired) electrons. The van der Waals surface area contributed by atoms with Crippen molar-refractivity contribution in [3.63, 3.8) is 0 Å². The summed E-state index contributed by atoms with van der Waals surface area (Å²) in [5.41, 5.74) is 2.55. The molecule has 1 aliphatic heterocycles. The van der Waals surface area contributed by atoms with Crippen LogP contribution in [-0.4, -0.2) is 23.5 Å². The summed E-state index contributed by atoms with van der Waals surface area (Å²) in [6.45, 7) is 6.62. The number of amides is 2. The van der Waals surface area contributed by atoms with E-state index in [9.17, 15) is 9.59 Å². The van der Waals surface area contributed by atoms with Gasteiger partial charge >= 0.3 is 0 Å². The van der Waals surface area contributed by atoms with Gasteiger partial charge in [-0.25, -0.2) is 0 Å². The molecule has 1 fully saturated rings. The minimum absolute atomic E-state index is 0.0349. The summed E-state index contributed by atoms with van der Waals surface area (Å²) in [6, 6.07) is 14.8. The molecule has 0 saturated carbocycles. The molecule has 6 heteroatoms. The highest BCUT2D eigenvalue weighted by molar-refractivity contribution is 7.80. The van der Waals surface area contributed by atoms with Crippen molar-refractivity contribution in [2.24, 2.45) is 0 Å². The quantitative estimate of drug-likeness (QED) is 0.472. The van der Waals surface area contributed by atoms with Crippen molar-refractivity contribution in [3.05, 3.63) is 65.2 Å². The van der Waals surface area contributed by atoms with Crippen LogP contribution in [0.2, 0.25) is 0 Å². The Bertz CT molecular complexity index is 949. The third-order valence-electron chi connectivity index (χ3n) is 4.40. The zero-order chi connectivity index (χ0) is 20.3. The number of nitrogens with one attached hydrogen (secondary N) is 1. The van der Waals surface area contributed by atoms with Crippen LogP contribution in [0, 0.1) is 0 Å².